The number of anilines is 1. The summed E-state index contributed by atoms with van der Waals surface area (Å²) in [5, 5.41) is 15.7. The lowest BCUT2D eigenvalue weighted by Gasteiger charge is -2.21. The number of rotatable bonds is 5. The van der Waals surface area contributed by atoms with E-state index < -0.39 is 0 Å². The summed E-state index contributed by atoms with van der Waals surface area (Å²) in [4.78, 5) is 6.77. The summed E-state index contributed by atoms with van der Waals surface area (Å²) in [7, 11) is 1.53. The van der Waals surface area contributed by atoms with E-state index in [4.69, 9.17) is 15.6 Å². The SMILES string of the molecule is CCN(CC)c1ccc(N=C2C=C(OC)C(=N)CC2=N)cc1. The van der Waals surface area contributed by atoms with Crippen molar-refractivity contribution in [2.75, 3.05) is 25.1 Å². The molecule has 0 aliphatic heterocycles. The van der Waals surface area contributed by atoms with Crippen molar-refractivity contribution in [1.29, 1.82) is 10.8 Å². The second-order valence-corrected chi connectivity index (χ2v) is 5.03. The number of aliphatic imine (C=N–C) groups is 1. The average Bonchev–Trinajstić information content (AvgIpc) is 2.52. The van der Waals surface area contributed by atoms with Gasteiger partial charge in [-0.2, -0.15) is 0 Å². The van der Waals surface area contributed by atoms with Gasteiger partial charge in [0.05, 0.1) is 29.9 Å². The van der Waals surface area contributed by atoms with Gasteiger partial charge in [-0.3, -0.25) is 0 Å². The Morgan fingerprint density at radius 2 is 1.73 bits per heavy atom. The summed E-state index contributed by atoms with van der Waals surface area (Å²) < 4.78 is 5.15. The van der Waals surface area contributed by atoms with Crippen molar-refractivity contribution in [3.63, 3.8) is 0 Å². The Morgan fingerprint density at radius 1 is 1.09 bits per heavy atom. The molecular formula is C17H22N4O. The molecule has 0 unspecified atom stereocenters. The molecule has 1 aromatic rings. The molecule has 5 nitrogen and oxygen atoms in total. The van der Waals surface area contributed by atoms with Gasteiger partial charge in [-0.15, -0.1) is 0 Å². The van der Waals surface area contributed by atoms with E-state index in [2.05, 4.69) is 23.7 Å². The first-order valence-corrected chi connectivity index (χ1v) is 7.44. The molecule has 0 saturated carbocycles. The van der Waals surface area contributed by atoms with Gasteiger partial charge < -0.3 is 20.5 Å². The molecule has 22 heavy (non-hydrogen) atoms. The van der Waals surface area contributed by atoms with Crippen LogP contribution in [-0.2, 0) is 4.74 Å². The zero-order valence-electron chi connectivity index (χ0n) is 13.3. The Bertz CT molecular complexity index is 625. The molecule has 1 aromatic carbocycles. The van der Waals surface area contributed by atoms with Crippen LogP contribution in [-0.4, -0.2) is 37.3 Å². The second kappa shape index (κ2) is 7.02. The Balaban J connectivity index is 2.27. The molecule has 0 spiro atoms. The van der Waals surface area contributed by atoms with Crippen LogP contribution in [0.3, 0.4) is 0 Å². The second-order valence-electron chi connectivity index (χ2n) is 5.03. The monoisotopic (exact) mass is 298 g/mol. The minimum absolute atomic E-state index is 0.260. The van der Waals surface area contributed by atoms with E-state index in [1.54, 1.807) is 6.08 Å². The zero-order chi connectivity index (χ0) is 16.1. The lowest BCUT2D eigenvalue weighted by atomic mass is 10.00. The first-order chi connectivity index (χ1) is 10.6. The molecule has 0 saturated heterocycles. The molecule has 0 fully saturated rings. The molecule has 0 bridgehead atoms. The number of allylic oxidation sites excluding steroid dienone is 2. The maximum absolute atomic E-state index is 7.98. The first kappa shape index (κ1) is 15.9. The van der Waals surface area contributed by atoms with Gasteiger partial charge in [0.1, 0.15) is 5.76 Å². The predicted molar refractivity (Wildman–Crippen MR) is 92.3 cm³/mol. The van der Waals surface area contributed by atoms with Crippen LogP contribution in [0.15, 0.2) is 41.1 Å². The third-order valence-corrected chi connectivity index (χ3v) is 3.68. The van der Waals surface area contributed by atoms with Gasteiger partial charge in [-0.1, -0.05) is 0 Å². The predicted octanol–water partition coefficient (Wildman–Crippen LogP) is 3.58. The van der Waals surface area contributed by atoms with E-state index in [1.807, 2.05) is 24.3 Å². The minimum Gasteiger partial charge on any atom is -0.495 e. The number of methoxy groups -OCH3 is 1. The Hall–Kier alpha value is -2.43. The molecule has 0 atom stereocenters. The summed E-state index contributed by atoms with van der Waals surface area (Å²) in [5.74, 6) is 0.481. The average molecular weight is 298 g/mol. The maximum atomic E-state index is 7.98. The van der Waals surface area contributed by atoms with Gasteiger partial charge in [0.2, 0.25) is 0 Å². The Kier molecular flexibility index (Phi) is 5.09. The lowest BCUT2D eigenvalue weighted by molar-refractivity contribution is 0.314. The summed E-state index contributed by atoms with van der Waals surface area (Å²) in [6, 6.07) is 7.99. The fraction of sp³-hybridized carbons (Fsp3) is 0.353. The molecule has 0 radical (unpaired) electrons. The highest BCUT2D eigenvalue weighted by molar-refractivity contribution is 6.51. The van der Waals surface area contributed by atoms with E-state index in [-0.39, 0.29) is 6.42 Å². The third-order valence-electron chi connectivity index (χ3n) is 3.68. The van der Waals surface area contributed by atoms with Crippen LogP contribution < -0.4 is 4.90 Å². The van der Waals surface area contributed by atoms with E-state index in [0.717, 1.165) is 18.8 Å². The number of nitrogens with zero attached hydrogens (tertiary/aromatic N) is 2. The highest BCUT2D eigenvalue weighted by Gasteiger charge is 2.19. The summed E-state index contributed by atoms with van der Waals surface area (Å²) in [6.07, 6.45) is 1.92. The van der Waals surface area contributed by atoms with Gasteiger partial charge in [-0.05, 0) is 38.1 Å². The number of hydrogen-bond donors (Lipinski definition) is 2. The molecule has 0 heterocycles. The van der Waals surface area contributed by atoms with Crippen molar-refractivity contribution in [2.45, 2.75) is 20.3 Å². The largest absolute Gasteiger partial charge is 0.495 e. The number of hydrogen-bond acceptors (Lipinski definition) is 5. The van der Waals surface area contributed by atoms with Crippen LogP contribution in [0, 0.1) is 10.8 Å². The van der Waals surface area contributed by atoms with E-state index in [0.29, 0.717) is 22.9 Å². The standard InChI is InChI=1S/C17H22N4O/c1-4-21(5-2)13-8-6-12(7-9-13)20-16-11-17(22-3)15(19)10-14(16)18/h6-9,11,18-19H,4-5,10H2,1-3H3. The van der Waals surface area contributed by atoms with Crippen molar-refractivity contribution in [2.24, 2.45) is 4.99 Å². The molecule has 116 valence electrons. The highest BCUT2D eigenvalue weighted by Crippen LogP contribution is 2.21. The highest BCUT2D eigenvalue weighted by atomic mass is 16.5. The molecule has 2 rings (SSSR count). The normalized spacial score (nSPS) is 16.7. The Morgan fingerprint density at radius 3 is 2.27 bits per heavy atom. The van der Waals surface area contributed by atoms with Gasteiger partial charge in [-0.25, -0.2) is 4.99 Å². The lowest BCUT2D eigenvalue weighted by Crippen LogP contribution is -2.23. The molecule has 2 N–H and O–H groups in total. The van der Waals surface area contributed by atoms with Crippen LogP contribution in [0.1, 0.15) is 20.3 Å². The van der Waals surface area contributed by atoms with Crippen molar-refractivity contribution < 1.29 is 4.74 Å². The smallest absolute Gasteiger partial charge is 0.142 e. The van der Waals surface area contributed by atoms with Gasteiger partial charge >= 0.3 is 0 Å². The van der Waals surface area contributed by atoms with Gasteiger partial charge in [0.25, 0.3) is 0 Å². The minimum atomic E-state index is 0.260. The van der Waals surface area contributed by atoms with Gasteiger partial charge in [0.15, 0.2) is 0 Å². The number of ether oxygens (including phenoxy) is 1. The number of benzene rings is 1. The van der Waals surface area contributed by atoms with Crippen LogP contribution >= 0.6 is 0 Å². The molecule has 1 aliphatic carbocycles. The fourth-order valence-electron chi connectivity index (χ4n) is 2.40. The summed E-state index contributed by atoms with van der Waals surface area (Å²) >= 11 is 0. The maximum Gasteiger partial charge on any atom is 0.142 e. The van der Waals surface area contributed by atoms with Crippen molar-refractivity contribution >= 4 is 28.5 Å². The van der Waals surface area contributed by atoms with E-state index >= 15 is 0 Å². The third kappa shape index (κ3) is 3.42. The van der Waals surface area contributed by atoms with Crippen LogP contribution in [0.4, 0.5) is 11.4 Å². The Labute approximate surface area is 131 Å². The molecule has 5 heteroatoms. The molecule has 1 aliphatic rings. The van der Waals surface area contributed by atoms with Crippen LogP contribution in [0.25, 0.3) is 0 Å². The van der Waals surface area contributed by atoms with E-state index in [1.165, 1.54) is 12.8 Å². The first-order valence-electron chi connectivity index (χ1n) is 7.44. The number of nitrogens with one attached hydrogen (secondary N) is 2. The van der Waals surface area contributed by atoms with Crippen LogP contribution in [0.2, 0.25) is 0 Å². The topological polar surface area (TPSA) is 72.5 Å². The van der Waals surface area contributed by atoms with Crippen molar-refractivity contribution in [3.8, 4) is 0 Å². The van der Waals surface area contributed by atoms with Crippen LogP contribution in [0.5, 0.6) is 0 Å². The molecular weight excluding hydrogens is 276 g/mol. The van der Waals surface area contributed by atoms with Crippen molar-refractivity contribution in [3.05, 3.63) is 36.1 Å². The van der Waals surface area contributed by atoms with Gasteiger partial charge in [0, 0.05) is 31.3 Å². The summed E-state index contributed by atoms with van der Waals surface area (Å²) in [5.41, 5.74) is 3.20. The molecule has 0 aromatic heterocycles. The summed E-state index contributed by atoms with van der Waals surface area (Å²) in [6.45, 7) is 6.20. The van der Waals surface area contributed by atoms with Crippen molar-refractivity contribution in [1.82, 2.24) is 0 Å². The quantitative estimate of drug-likeness (QED) is 0.872. The fourth-order valence-corrected chi connectivity index (χ4v) is 2.40. The zero-order valence-corrected chi connectivity index (χ0v) is 13.3. The molecule has 0 amide bonds. The van der Waals surface area contributed by atoms with E-state index in [9.17, 15) is 0 Å².